The lowest BCUT2D eigenvalue weighted by Crippen LogP contribution is -2.52. The van der Waals surface area contributed by atoms with Crippen LogP contribution in [0.25, 0.3) is 0 Å². The average molecular weight is 190 g/mol. The van der Waals surface area contributed by atoms with E-state index in [-0.39, 0.29) is 6.10 Å². The standard InChI is InChI=1S/C10H24NO2/c1-5-11(6-2,7-3)8-10(12)9-13-4/h10,12H,5-9H2,1-4H3/q+1. The number of aliphatic hydroxyl groups is 1. The number of likely N-dealkylation sites (N-methyl/N-ethyl adjacent to an activating group) is 1. The molecule has 0 spiro atoms. The Bertz CT molecular complexity index is 116. The van der Waals surface area contributed by atoms with E-state index in [0.29, 0.717) is 6.61 Å². The maximum atomic E-state index is 9.64. The molecule has 0 fully saturated rings. The summed E-state index contributed by atoms with van der Waals surface area (Å²) >= 11 is 0. The second-order valence-electron chi connectivity index (χ2n) is 3.58. The van der Waals surface area contributed by atoms with E-state index in [1.54, 1.807) is 7.11 Å². The Hall–Kier alpha value is -0.120. The van der Waals surface area contributed by atoms with E-state index in [9.17, 15) is 5.11 Å². The summed E-state index contributed by atoms with van der Waals surface area (Å²) < 4.78 is 5.90. The lowest BCUT2D eigenvalue weighted by Gasteiger charge is -2.37. The Balaban J connectivity index is 4.07. The van der Waals surface area contributed by atoms with Gasteiger partial charge in [-0.15, -0.1) is 0 Å². The summed E-state index contributed by atoms with van der Waals surface area (Å²) in [4.78, 5) is 0. The minimum absolute atomic E-state index is 0.329. The maximum Gasteiger partial charge on any atom is 0.126 e. The van der Waals surface area contributed by atoms with Gasteiger partial charge in [-0.1, -0.05) is 0 Å². The normalized spacial score (nSPS) is 14.5. The Morgan fingerprint density at radius 3 is 1.92 bits per heavy atom. The average Bonchev–Trinajstić information content (AvgIpc) is 2.15. The number of hydrogen-bond acceptors (Lipinski definition) is 2. The first-order valence-corrected chi connectivity index (χ1v) is 5.16. The van der Waals surface area contributed by atoms with Crippen molar-refractivity contribution in [1.29, 1.82) is 0 Å². The summed E-state index contributed by atoms with van der Waals surface area (Å²) in [5.41, 5.74) is 0. The van der Waals surface area contributed by atoms with Crippen molar-refractivity contribution in [2.45, 2.75) is 26.9 Å². The Morgan fingerprint density at radius 2 is 1.62 bits per heavy atom. The molecule has 0 radical (unpaired) electrons. The van der Waals surface area contributed by atoms with Gasteiger partial charge in [0.05, 0.1) is 26.2 Å². The third-order valence-electron chi connectivity index (χ3n) is 2.97. The fourth-order valence-corrected chi connectivity index (χ4v) is 1.75. The first-order valence-electron chi connectivity index (χ1n) is 5.16. The van der Waals surface area contributed by atoms with Crippen LogP contribution in [0.5, 0.6) is 0 Å². The predicted octanol–water partition coefficient (Wildman–Crippen LogP) is 0.870. The van der Waals surface area contributed by atoms with Crippen molar-refractivity contribution >= 4 is 0 Å². The minimum atomic E-state index is -0.329. The van der Waals surface area contributed by atoms with E-state index in [2.05, 4.69) is 20.8 Å². The van der Waals surface area contributed by atoms with E-state index in [4.69, 9.17) is 4.74 Å². The van der Waals surface area contributed by atoms with Crippen LogP contribution in [0.2, 0.25) is 0 Å². The van der Waals surface area contributed by atoms with E-state index < -0.39 is 0 Å². The van der Waals surface area contributed by atoms with Crippen LogP contribution in [0.4, 0.5) is 0 Å². The van der Waals surface area contributed by atoms with Crippen molar-refractivity contribution in [2.75, 3.05) is 39.9 Å². The smallest absolute Gasteiger partial charge is 0.126 e. The molecule has 0 aliphatic rings. The molecule has 3 nitrogen and oxygen atoms in total. The van der Waals surface area contributed by atoms with Gasteiger partial charge in [0.1, 0.15) is 12.6 Å². The second-order valence-corrected chi connectivity index (χ2v) is 3.58. The molecular weight excluding hydrogens is 166 g/mol. The highest BCUT2D eigenvalue weighted by atomic mass is 16.5. The number of aliphatic hydroxyl groups excluding tert-OH is 1. The summed E-state index contributed by atoms with van der Waals surface area (Å²) in [6, 6.07) is 0. The molecule has 0 amide bonds. The number of quaternary nitrogens is 1. The zero-order valence-corrected chi connectivity index (χ0v) is 9.42. The highest BCUT2D eigenvalue weighted by Crippen LogP contribution is 2.07. The fraction of sp³-hybridized carbons (Fsp3) is 1.00. The summed E-state index contributed by atoms with van der Waals surface area (Å²) in [7, 11) is 1.63. The summed E-state index contributed by atoms with van der Waals surface area (Å²) in [5, 5.41) is 9.64. The molecule has 0 bridgehead atoms. The molecule has 0 rings (SSSR count). The van der Waals surface area contributed by atoms with Crippen LogP contribution in [-0.2, 0) is 4.74 Å². The number of ether oxygens (including phenoxy) is 1. The third kappa shape index (κ3) is 4.07. The monoisotopic (exact) mass is 190 g/mol. The molecular formula is C10H24NO2+. The molecule has 1 atom stereocenters. The van der Waals surface area contributed by atoms with Gasteiger partial charge >= 0.3 is 0 Å². The highest BCUT2D eigenvalue weighted by Gasteiger charge is 2.24. The first-order chi connectivity index (χ1) is 6.14. The number of hydrogen-bond donors (Lipinski definition) is 1. The Kier molecular flexibility index (Phi) is 6.29. The van der Waals surface area contributed by atoms with Crippen LogP contribution in [0.15, 0.2) is 0 Å². The van der Waals surface area contributed by atoms with Crippen molar-refractivity contribution in [3.05, 3.63) is 0 Å². The molecule has 0 aromatic carbocycles. The Labute approximate surface area is 81.9 Å². The van der Waals surface area contributed by atoms with E-state index >= 15 is 0 Å². The number of methoxy groups -OCH3 is 1. The van der Waals surface area contributed by atoms with E-state index in [1.165, 1.54) is 0 Å². The second kappa shape index (κ2) is 6.35. The molecule has 0 aliphatic carbocycles. The van der Waals surface area contributed by atoms with Gasteiger partial charge in [-0.05, 0) is 20.8 Å². The molecule has 13 heavy (non-hydrogen) atoms. The van der Waals surface area contributed by atoms with Gasteiger partial charge in [-0.2, -0.15) is 0 Å². The molecule has 0 aromatic rings. The Morgan fingerprint density at radius 1 is 1.15 bits per heavy atom. The lowest BCUT2D eigenvalue weighted by atomic mass is 10.2. The largest absolute Gasteiger partial charge is 0.385 e. The van der Waals surface area contributed by atoms with Crippen molar-refractivity contribution in [2.24, 2.45) is 0 Å². The zero-order chi connectivity index (χ0) is 10.3. The summed E-state index contributed by atoms with van der Waals surface area (Å²) in [6.07, 6.45) is -0.329. The van der Waals surface area contributed by atoms with Gasteiger partial charge in [0.25, 0.3) is 0 Å². The fourth-order valence-electron chi connectivity index (χ4n) is 1.75. The van der Waals surface area contributed by atoms with Crippen LogP contribution in [-0.4, -0.2) is 55.6 Å². The lowest BCUT2D eigenvalue weighted by molar-refractivity contribution is -0.926. The van der Waals surface area contributed by atoms with Crippen molar-refractivity contribution < 1.29 is 14.3 Å². The summed E-state index contributed by atoms with van der Waals surface area (Å²) in [5.74, 6) is 0. The summed E-state index contributed by atoms with van der Waals surface area (Å²) in [6.45, 7) is 11.0. The minimum Gasteiger partial charge on any atom is -0.385 e. The molecule has 0 aliphatic heterocycles. The maximum absolute atomic E-state index is 9.64. The van der Waals surface area contributed by atoms with Crippen LogP contribution in [0.1, 0.15) is 20.8 Å². The van der Waals surface area contributed by atoms with Gasteiger partial charge in [0, 0.05) is 7.11 Å². The van der Waals surface area contributed by atoms with Gasteiger partial charge in [0.2, 0.25) is 0 Å². The van der Waals surface area contributed by atoms with Crippen molar-refractivity contribution in [3.8, 4) is 0 Å². The SMILES string of the molecule is CC[N+](CC)(CC)CC(O)COC. The van der Waals surface area contributed by atoms with Crippen LogP contribution < -0.4 is 0 Å². The highest BCUT2D eigenvalue weighted by molar-refractivity contribution is 4.52. The molecule has 0 saturated heterocycles. The van der Waals surface area contributed by atoms with Gasteiger partial charge < -0.3 is 14.3 Å². The third-order valence-corrected chi connectivity index (χ3v) is 2.97. The van der Waals surface area contributed by atoms with E-state index in [0.717, 1.165) is 30.7 Å². The molecule has 80 valence electrons. The molecule has 0 heterocycles. The molecule has 3 heteroatoms. The zero-order valence-electron chi connectivity index (χ0n) is 9.42. The predicted molar refractivity (Wildman–Crippen MR) is 54.6 cm³/mol. The first kappa shape index (κ1) is 12.9. The number of rotatable bonds is 7. The molecule has 0 aromatic heterocycles. The van der Waals surface area contributed by atoms with Crippen LogP contribution >= 0.6 is 0 Å². The van der Waals surface area contributed by atoms with Gasteiger partial charge in [0.15, 0.2) is 0 Å². The van der Waals surface area contributed by atoms with E-state index in [1.807, 2.05) is 0 Å². The van der Waals surface area contributed by atoms with Crippen LogP contribution in [0, 0.1) is 0 Å². The van der Waals surface area contributed by atoms with Gasteiger partial charge in [-0.25, -0.2) is 0 Å². The van der Waals surface area contributed by atoms with Crippen molar-refractivity contribution in [3.63, 3.8) is 0 Å². The van der Waals surface area contributed by atoms with Crippen LogP contribution in [0.3, 0.4) is 0 Å². The van der Waals surface area contributed by atoms with Gasteiger partial charge in [-0.3, -0.25) is 0 Å². The molecule has 1 unspecified atom stereocenters. The molecule has 1 N–H and O–H groups in total. The topological polar surface area (TPSA) is 29.5 Å². The quantitative estimate of drug-likeness (QED) is 0.604. The molecule has 0 saturated carbocycles. The van der Waals surface area contributed by atoms with Crippen molar-refractivity contribution in [1.82, 2.24) is 0 Å². The number of nitrogens with zero attached hydrogens (tertiary/aromatic N) is 1.